The Balaban J connectivity index is 0.00000341. The standard InChI is InChI=1S/C22H32N4O4.HI/c1-5-23-22(24-15-18-7-6-12-30-18)26-10-8-25(9-11-26)16-17-13-19(27-2)21(29-4)20(14-17)28-3;/h6-7,12-14H,5,8-11,15-16H2,1-4H3,(H,23,24);1H. The van der Waals surface area contributed by atoms with Crippen molar-refractivity contribution in [2.24, 2.45) is 4.99 Å². The second kappa shape index (κ2) is 12.7. The van der Waals surface area contributed by atoms with Crippen molar-refractivity contribution in [2.75, 3.05) is 54.1 Å². The maximum atomic E-state index is 5.48. The molecule has 1 aromatic carbocycles. The lowest BCUT2D eigenvalue weighted by molar-refractivity contribution is 0.172. The number of guanidine groups is 1. The average molecular weight is 544 g/mol. The monoisotopic (exact) mass is 544 g/mol. The lowest BCUT2D eigenvalue weighted by atomic mass is 10.1. The fourth-order valence-corrected chi connectivity index (χ4v) is 3.58. The van der Waals surface area contributed by atoms with Gasteiger partial charge in [-0.3, -0.25) is 4.90 Å². The lowest BCUT2D eigenvalue weighted by Gasteiger charge is -2.36. The normalized spacial score (nSPS) is 14.7. The molecule has 0 saturated carbocycles. The van der Waals surface area contributed by atoms with Crippen LogP contribution in [0.25, 0.3) is 0 Å². The third-order valence-electron chi connectivity index (χ3n) is 5.10. The van der Waals surface area contributed by atoms with Crippen LogP contribution in [0.2, 0.25) is 0 Å². The molecule has 3 rings (SSSR count). The van der Waals surface area contributed by atoms with Gasteiger partial charge in [0.1, 0.15) is 12.3 Å². The number of furan rings is 1. The molecule has 9 heteroatoms. The van der Waals surface area contributed by atoms with Crippen molar-refractivity contribution in [1.29, 1.82) is 0 Å². The SMILES string of the molecule is CCNC(=NCc1ccco1)N1CCN(Cc2cc(OC)c(OC)c(OC)c2)CC1.I. The first-order valence-electron chi connectivity index (χ1n) is 10.2. The van der Waals surface area contributed by atoms with Crippen LogP contribution in [0.1, 0.15) is 18.2 Å². The third-order valence-corrected chi connectivity index (χ3v) is 5.10. The van der Waals surface area contributed by atoms with Gasteiger partial charge in [-0.2, -0.15) is 0 Å². The minimum atomic E-state index is 0. The fraction of sp³-hybridized carbons (Fsp3) is 0.500. The van der Waals surface area contributed by atoms with Crippen molar-refractivity contribution in [1.82, 2.24) is 15.1 Å². The van der Waals surface area contributed by atoms with Gasteiger partial charge in [-0.25, -0.2) is 4.99 Å². The molecule has 0 unspecified atom stereocenters. The van der Waals surface area contributed by atoms with Crippen LogP contribution in [-0.4, -0.2) is 69.8 Å². The summed E-state index contributed by atoms with van der Waals surface area (Å²) in [5.74, 6) is 3.79. The van der Waals surface area contributed by atoms with E-state index in [0.717, 1.165) is 56.6 Å². The first kappa shape index (κ1) is 25.1. The highest BCUT2D eigenvalue weighted by Gasteiger charge is 2.21. The number of halogens is 1. The van der Waals surface area contributed by atoms with Crippen molar-refractivity contribution in [3.8, 4) is 17.2 Å². The zero-order valence-corrected chi connectivity index (χ0v) is 21.0. The van der Waals surface area contributed by atoms with Gasteiger partial charge in [-0.1, -0.05) is 0 Å². The van der Waals surface area contributed by atoms with Crippen LogP contribution < -0.4 is 19.5 Å². The van der Waals surface area contributed by atoms with Gasteiger partial charge in [0.2, 0.25) is 5.75 Å². The smallest absolute Gasteiger partial charge is 0.203 e. The van der Waals surface area contributed by atoms with Crippen molar-refractivity contribution in [2.45, 2.75) is 20.0 Å². The van der Waals surface area contributed by atoms with Gasteiger partial charge in [0.15, 0.2) is 17.5 Å². The van der Waals surface area contributed by atoms with E-state index in [-0.39, 0.29) is 24.0 Å². The summed E-state index contributed by atoms with van der Waals surface area (Å²) in [4.78, 5) is 9.45. The van der Waals surface area contributed by atoms with Gasteiger partial charge in [-0.05, 0) is 36.8 Å². The second-order valence-corrected chi connectivity index (χ2v) is 7.05. The molecule has 1 aliphatic heterocycles. The van der Waals surface area contributed by atoms with Gasteiger partial charge in [-0.15, -0.1) is 24.0 Å². The van der Waals surface area contributed by atoms with Gasteiger partial charge < -0.3 is 28.8 Å². The van der Waals surface area contributed by atoms with Crippen molar-refractivity contribution in [3.05, 3.63) is 41.9 Å². The van der Waals surface area contributed by atoms with E-state index < -0.39 is 0 Å². The highest BCUT2D eigenvalue weighted by atomic mass is 127. The van der Waals surface area contributed by atoms with Crippen molar-refractivity contribution in [3.63, 3.8) is 0 Å². The molecule has 1 aliphatic rings. The summed E-state index contributed by atoms with van der Waals surface area (Å²) in [5.41, 5.74) is 1.14. The van der Waals surface area contributed by atoms with E-state index in [0.29, 0.717) is 23.8 Å². The number of ether oxygens (including phenoxy) is 3. The number of nitrogens with one attached hydrogen (secondary N) is 1. The molecular formula is C22H33IN4O4. The molecule has 1 saturated heterocycles. The molecule has 172 valence electrons. The largest absolute Gasteiger partial charge is 0.493 e. The number of hydrogen-bond donors (Lipinski definition) is 1. The van der Waals surface area contributed by atoms with Gasteiger partial charge in [0, 0.05) is 39.3 Å². The van der Waals surface area contributed by atoms with Crippen LogP contribution in [0, 0.1) is 0 Å². The Labute approximate surface area is 201 Å². The molecule has 0 atom stereocenters. The molecule has 1 fully saturated rings. The molecule has 0 spiro atoms. The topological polar surface area (TPSA) is 71.7 Å². The molecule has 0 amide bonds. The zero-order chi connectivity index (χ0) is 21.3. The molecule has 0 aliphatic carbocycles. The number of rotatable bonds is 8. The Bertz CT molecular complexity index is 796. The second-order valence-electron chi connectivity index (χ2n) is 7.05. The lowest BCUT2D eigenvalue weighted by Crippen LogP contribution is -2.52. The molecule has 2 heterocycles. The molecular weight excluding hydrogens is 511 g/mol. The molecule has 1 aromatic heterocycles. The Morgan fingerprint density at radius 2 is 1.74 bits per heavy atom. The third kappa shape index (κ3) is 6.67. The maximum Gasteiger partial charge on any atom is 0.203 e. The summed E-state index contributed by atoms with van der Waals surface area (Å²) in [6, 6.07) is 7.87. The molecule has 0 bridgehead atoms. The first-order valence-corrected chi connectivity index (χ1v) is 10.2. The minimum absolute atomic E-state index is 0. The molecule has 31 heavy (non-hydrogen) atoms. The summed E-state index contributed by atoms with van der Waals surface area (Å²) in [6.45, 7) is 8.00. The Kier molecular flexibility index (Phi) is 10.3. The van der Waals surface area contributed by atoms with Crippen LogP contribution in [0.5, 0.6) is 17.2 Å². The van der Waals surface area contributed by atoms with E-state index in [1.165, 1.54) is 0 Å². The Hall–Kier alpha value is -2.14. The number of hydrogen-bond acceptors (Lipinski definition) is 6. The number of benzene rings is 1. The van der Waals surface area contributed by atoms with Crippen LogP contribution in [0.4, 0.5) is 0 Å². The summed E-state index contributed by atoms with van der Waals surface area (Å²) in [7, 11) is 4.91. The number of methoxy groups -OCH3 is 3. The van der Waals surface area contributed by atoms with E-state index >= 15 is 0 Å². The van der Waals surface area contributed by atoms with E-state index in [4.69, 9.17) is 23.6 Å². The van der Waals surface area contributed by atoms with Crippen LogP contribution in [0.3, 0.4) is 0 Å². The highest BCUT2D eigenvalue weighted by molar-refractivity contribution is 14.0. The molecule has 2 aromatic rings. The van der Waals surface area contributed by atoms with Crippen LogP contribution >= 0.6 is 24.0 Å². The highest BCUT2D eigenvalue weighted by Crippen LogP contribution is 2.38. The van der Waals surface area contributed by atoms with E-state index in [9.17, 15) is 0 Å². The molecule has 0 radical (unpaired) electrons. The van der Waals surface area contributed by atoms with Crippen molar-refractivity contribution >= 4 is 29.9 Å². The van der Waals surface area contributed by atoms with Gasteiger partial charge in [0.25, 0.3) is 0 Å². The maximum absolute atomic E-state index is 5.48. The average Bonchev–Trinajstić information content (AvgIpc) is 3.30. The molecule has 1 N–H and O–H groups in total. The Morgan fingerprint density at radius 1 is 1.06 bits per heavy atom. The van der Waals surface area contributed by atoms with Gasteiger partial charge >= 0.3 is 0 Å². The molecule has 8 nitrogen and oxygen atoms in total. The van der Waals surface area contributed by atoms with Gasteiger partial charge in [0.05, 0.1) is 27.6 Å². The summed E-state index contributed by atoms with van der Waals surface area (Å²) < 4.78 is 21.8. The summed E-state index contributed by atoms with van der Waals surface area (Å²) in [6.07, 6.45) is 1.68. The fourth-order valence-electron chi connectivity index (χ4n) is 3.58. The number of aliphatic imine (C=N–C) groups is 1. The number of piperazine rings is 1. The predicted octanol–water partition coefficient (Wildman–Crippen LogP) is 3.21. The quantitative estimate of drug-likeness (QED) is 0.311. The minimum Gasteiger partial charge on any atom is -0.493 e. The number of nitrogens with zero attached hydrogens (tertiary/aromatic N) is 3. The van der Waals surface area contributed by atoms with Crippen LogP contribution in [-0.2, 0) is 13.1 Å². The predicted molar refractivity (Wildman–Crippen MR) is 132 cm³/mol. The van der Waals surface area contributed by atoms with E-state index in [2.05, 4.69) is 22.0 Å². The summed E-state index contributed by atoms with van der Waals surface area (Å²) in [5, 5.41) is 3.39. The van der Waals surface area contributed by atoms with Crippen LogP contribution in [0.15, 0.2) is 39.9 Å². The van der Waals surface area contributed by atoms with Crippen molar-refractivity contribution < 1.29 is 18.6 Å². The zero-order valence-electron chi connectivity index (χ0n) is 18.7. The Morgan fingerprint density at radius 3 is 2.26 bits per heavy atom. The van der Waals surface area contributed by atoms with E-state index in [1.54, 1.807) is 27.6 Å². The van der Waals surface area contributed by atoms with E-state index in [1.807, 2.05) is 24.3 Å². The summed E-state index contributed by atoms with van der Waals surface area (Å²) >= 11 is 0. The first-order chi connectivity index (χ1) is 14.7.